The summed E-state index contributed by atoms with van der Waals surface area (Å²) in [5.74, 6) is -3.95. The van der Waals surface area contributed by atoms with E-state index in [1.54, 1.807) is 42.8 Å². The van der Waals surface area contributed by atoms with Crippen LogP contribution in [-0.4, -0.2) is 222 Å². The SMILES string of the molecule is COc1cc([C@@H]2c3cc4c(cc3[C@@H](O[C@@H]3O[C@@H]5CO[C@@H](C)O[C@H]5[C@H](O)[C@H]3O)[C@H]3COC(=O)[C@H]23)OCO4)cc(OC)c1O.COc1cccc2c1C(=O)c1c(O)c3c(c(O)c1C2=O)C[C@@](O)(C(=O)CO)C[C@@H]3O[C@H]1C[C@H](N)[C@H](O)[C@H](C)O1.O=P1(N(CCCl)CCCl)NCCCO1. The number of carbonyl (C=O) groups excluding carboxylic acids is 4. The van der Waals surface area contributed by atoms with E-state index >= 15 is 0 Å². The van der Waals surface area contributed by atoms with Crippen molar-refractivity contribution in [1.29, 1.82) is 0 Å². The van der Waals surface area contributed by atoms with Gasteiger partial charge in [-0.1, -0.05) is 12.1 Å². The molecule has 5 saturated heterocycles. The standard InChI is InChI=1S/C29H32O13.C27H29NO11.C7H15Cl2N2O2P/c1-11-36-9-20-27(40-11)24(31)25(32)29(41-20)42-26-14-7-17-16(38-10-39-17)6-13(14)21(22-15(26)8-37-28(22)33)12-4-18(34-2)23(30)19(5-12)35-3;1-10-22(31)13(28)6-17(38-10)39-15-8-27(36,16(30)9-29)7-12-19(15)26(35)21-20(24(12)33)23(32)11-4-3-5-14(37-2)18(11)25(21)34;8-2-5-11(6-3-9)14(12)10-4-1-7-13-14/h4-7,11,15,20-22,24-27,29-32H,8-10H2,1-3H3;3-5,10,13,15,17,22,29,31,33,35-36H,6-9,28H2,1-2H3;1-7H2,(H,10,12)/t11-,15+,20-,21-,22+,24-,25-,26-,27-,29+;10-,13-,15-,17-,22+,27-;/m10./s1. The average molecular weight is 1390 g/mol. The zero-order valence-corrected chi connectivity index (χ0v) is 54.7. The first-order valence-corrected chi connectivity index (χ1v) is 33.4. The maximum Gasteiger partial charge on any atom is 0.343 e. The zero-order chi connectivity index (χ0) is 68.1. The molecule has 0 aromatic heterocycles. The highest BCUT2D eigenvalue weighted by atomic mass is 35.5. The average Bonchev–Trinajstić information content (AvgIpc) is 1.72. The number of nitrogens with two attached hydrogens (primary N) is 1. The summed E-state index contributed by atoms with van der Waals surface area (Å²) in [6.07, 6.45) is -11.0. The molecule has 9 aliphatic rings. The zero-order valence-electron chi connectivity index (χ0n) is 52.3. The molecule has 4 aromatic rings. The summed E-state index contributed by atoms with van der Waals surface area (Å²) in [5.41, 5.74) is 4.39. The van der Waals surface area contributed by atoms with Crippen molar-refractivity contribution in [2.75, 3.05) is 85.9 Å². The quantitative estimate of drug-likeness (QED) is 0.0311. The van der Waals surface area contributed by atoms with Crippen LogP contribution in [0.4, 0.5) is 0 Å². The molecule has 3 aliphatic carbocycles. The lowest BCUT2D eigenvalue weighted by Gasteiger charge is -2.47. The second-order valence-corrected chi connectivity index (χ2v) is 27.0. The Kier molecular flexibility index (Phi) is 21.3. The van der Waals surface area contributed by atoms with E-state index in [1.807, 2.05) is 0 Å². The first-order chi connectivity index (χ1) is 45.4. The van der Waals surface area contributed by atoms with Crippen LogP contribution in [0.15, 0.2) is 42.5 Å². The largest absolute Gasteiger partial charge is 0.507 e. The second kappa shape index (κ2) is 28.8. The lowest BCUT2D eigenvalue weighted by Crippen LogP contribution is -2.63. The lowest BCUT2D eigenvalue weighted by molar-refractivity contribution is -0.364. The molecular formula is C63H76Cl2N3O26P. The number of nitrogens with zero attached hydrogens (tertiary/aromatic N) is 1. The van der Waals surface area contributed by atoms with Crippen LogP contribution in [0.3, 0.4) is 0 Å². The van der Waals surface area contributed by atoms with Gasteiger partial charge in [0.2, 0.25) is 18.3 Å². The van der Waals surface area contributed by atoms with E-state index in [4.69, 9.17) is 90.3 Å². The molecule has 95 heavy (non-hydrogen) atoms. The van der Waals surface area contributed by atoms with Crippen molar-refractivity contribution in [3.05, 3.63) is 92.5 Å². The molecule has 17 atom stereocenters. The molecule has 13 rings (SSSR count). The number of aliphatic hydroxyl groups is 5. The minimum Gasteiger partial charge on any atom is -0.507 e. The van der Waals surface area contributed by atoms with Gasteiger partial charge in [0, 0.05) is 85.2 Å². The van der Waals surface area contributed by atoms with Crippen molar-refractivity contribution in [1.82, 2.24) is 9.76 Å². The molecule has 0 amide bonds. The van der Waals surface area contributed by atoms with E-state index in [0.717, 1.165) is 13.0 Å². The highest BCUT2D eigenvalue weighted by Crippen LogP contribution is 2.58. The summed E-state index contributed by atoms with van der Waals surface area (Å²) in [4.78, 5) is 53.1. The van der Waals surface area contributed by atoms with Crippen LogP contribution in [0.25, 0.3) is 0 Å². The Morgan fingerprint density at radius 1 is 0.811 bits per heavy atom. The number of hydrogen-bond acceptors (Lipinski definition) is 27. The molecule has 0 bridgehead atoms. The predicted molar refractivity (Wildman–Crippen MR) is 329 cm³/mol. The van der Waals surface area contributed by atoms with Crippen molar-refractivity contribution < 1.29 is 126 Å². The Bertz CT molecular complexity index is 3570. The van der Waals surface area contributed by atoms with Crippen molar-refractivity contribution in [2.45, 2.75) is 125 Å². The number of phenols is 3. The number of benzene rings is 4. The smallest absolute Gasteiger partial charge is 0.343 e. The van der Waals surface area contributed by atoms with Gasteiger partial charge in [0.15, 0.2) is 53.4 Å². The van der Waals surface area contributed by atoms with Crippen LogP contribution in [0, 0.1) is 11.8 Å². The highest BCUT2D eigenvalue weighted by Gasteiger charge is 2.57. The third kappa shape index (κ3) is 13.2. The molecule has 5 fully saturated rings. The summed E-state index contributed by atoms with van der Waals surface area (Å²) in [7, 11) is 1.34. The number of ketones is 3. The Balaban J connectivity index is 0.000000162. The van der Waals surface area contributed by atoms with E-state index in [2.05, 4.69) is 5.09 Å². The Morgan fingerprint density at radius 2 is 1.48 bits per heavy atom. The van der Waals surface area contributed by atoms with Crippen molar-refractivity contribution in [3.63, 3.8) is 0 Å². The maximum absolute atomic E-state index is 13.6. The van der Waals surface area contributed by atoms with Crippen molar-refractivity contribution in [3.8, 4) is 46.0 Å². The van der Waals surface area contributed by atoms with Gasteiger partial charge in [-0.25, -0.2) is 9.76 Å². The number of aromatic hydroxyl groups is 3. The van der Waals surface area contributed by atoms with E-state index < -0.39 is 170 Å². The maximum atomic E-state index is 13.6. The van der Waals surface area contributed by atoms with Gasteiger partial charge in [-0.2, -0.15) is 0 Å². The number of cyclic esters (lactones) is 1. The number of esters is 1. The third-order valence-corrected chi connectivity index (χ3v) is 21.1. The Labute approximate surface area is 554 Å². The Hall–Kier alpha value is -6.03. The molecule has 32 heteroatoms. The van der Waals surface area contributed by atoms with E-state index in [9.17, 15) is 64.6 Å². The van der Waals surface area contributed by atoms with E-state index in [0.29, 0.717) is 59.6 Å². The number of halogens is 2. The molecule has 0 spiro atoms. The molecule has 1 unspecified atom stereocenters. The van der Waals surface area contributed by atoms with Crippen molar-refractivity contribution >= 4 is 54.2 Å². The van der Waals surface area contributed by atoms with E-state index in [-0.39, 0.29) is 71.7 Å². The van der Waals surface area contributed by atoms with Gasteiger partial charge in [0.1, 0.15) is 53.9 Å². The molecule has 11 N–H and O–H groups in total. The Morgan fingerprint density at radius 3 is 2.12 bits per heavy atom. The van der Waals surface area contributed by atoms with Gasteiger partial charge in [0.05, 0.1) is 88.2 Å². The number of methoxy groups -OCH3 is 3. The first kappa shape index (κ1) is 70.3. The monoisotopic (exact) mass is 1390 g/mol. The fourth-order valence-corrected chi connectivity index (χ4v) is 16.4. The summed E-state index contributed by atoms with van der Waals surface area (Å²) >= 11 is 11.2. The molecule has 4 aromatic carbocycles. The number of aliphatic hydroxyl groups excluding tert-OH is 4. The van der Waals surface area contributed by atoms with Gasteiger partial charge in [-0.3, -0.25) is 23.7 Å². The van der Waals surface area contributed by atoms with Crippen LogP contribution in [0.1, 0.15) is 111 Å². The third-order valence-electron chi connectivity index (χ3n) is 18.5. The van der Waals surface area contributed by atoms with Crippen LogP contribution >= 0.6 is 30.9 Å². The number of nitrogens with one attached hydrogen (secondary N) is 1. The van der Waals surface area contributed by atoms with Crippen LogP contribution in [0.2, 0.25) is 0 Å². The first-order valence-electron chi connectivity index (χ1n) is 30.8. The fraction of sp³-hybridized carbons (Fsp3) is 0.556. The topological polar surface area (TPSA) is 408 Å². The molecule has 0 radical (unpaired) electrons. The normalized spacial score (nSPS) is 32.5. The number of hydrogen-bond donors (Lipinski definition) is 10. The molecule has 0 saturated carbocycles. The number of carbonyl (C=O) groups is 4. The van der Waals surface area contributed by atoms with Crippen LogP contribution < -0.4 is 34.5 Å². The van der Waals surface area contributed by atoms with Gasteiger partial charge in [-0.05, 0) is 67.3 Å². The number of alkyl halides is 2. The summed E-state index contributed by atoms with van der Waals surface area (Å²) in [6.45, 7) is 4.79. The number of fused-ring (bicyclic) bond motifs is 7. The van der Waals surface area contributed by atoms with Gasteiger partial charge < -0.3 is 108 Å². The highest BCUT2D eigenvalue weighted by molar-refractivity contribution is 7.54. The number of phenolic OH excluding ortho intramolecular Hbond substituents is 3. The second-order valence-electron chi connectivity index (χ2n) is 24.1. The van der Waals surface area contributed by atoms with Crippen molar-refractivity contribution in [2.24, 2.45) is 17.6 Å². The van der Waals surface area contributed by atoms with Crippen LogP contribution in [0.5, 0.6) is 46.0 Å². The molecule has 518 valence electrons. The number of rotatable bonds is 15. The van der Waals surface area contributed by atoms with Gasteiger partial charge >= 0.3 is 13.6 Å². The number of Topliss-reactive ketones (excluding diaryl/α,β-unsaturated/α-hetero) is 1. The van der Waals surface area contributed by atoms with Crippen LogP contribution in [-0.2, 0) is 58.3 Å². The summed E-state index contributed by atoms with van der Waals surface area (Å²) < 4.78 is 87.7. The van der Waals surface area contributed by atoms with Gasteiger partial charge in [0.25, 0.3) is 0 Å². The lowest BCUT2D eigenvalue weighted by atomic mass is 9.66. The summed E-state index contributed by atoms with van der Waals surface area (Å²) in [6, 6.07) is 10.6. The minimum absolute atomic E-state index is 0.0173. The molecular weight excluding hydrogens is 1320 g/mol. The van der Waals surface area contributed by atoms with E-state index in [1.165, 1.54) is 39.5 Å². The van der Waals surface area contributed by atoms with Gasteiger partial charge in [-0.15, -0.1) is 23.2 Å². The summed E-state index contributed by atoms with van der Waals surface area (Å²) in [5, 5.41) is 89.1. The fourth-order valence-electron chi connectivity index (χ4n) is 13.8. The minimum atomic E-state index is -2.84. The predicted octanol–water partition coefficient (Wildman–Crippen LogP) is 3.22. The molecule has 6 heterocycles. The number of ether oxygens (including phenoxy) is 12. The molecule has 29 nitrogen and oxygen atoms in total. The molecule has 6 aliphatic heterocycles.